The molecule has 0 aliphatic rings. The molecule has 0 aromatic carbocycles. The third-order valence-corrected chi connectivity index (χ3v) is 1.75. The highest BCUT2D eigenvalue weighted by atomic mass is 127. The Labute approximate surface area is 91.2 Å². The number of hydrogen-bond donors (Lipinski definition) is 0. The fraction of sp³-hybridized carbons (Fsp3) is 0.625. The number of halogens is 1. The molecule has 0 aliphatic heterocycles. The Morgan fingerprint density at radius 1 is 1.54 bits per heavy atom. The van der Waals surface area contributed by atoms with E-state index in [4.69, 9.17) is 0 Å². The van der Waals surface area contributed by atoms with Gasteiger partial charge in [-0.05, 0) is 15.1 Å². The van der Waals surface area contributed by atoms with E-state index in [1.807, 2.05) is 22.6 Å². The van der Waals surface area contributed by atoms with Crippen LogP contribution in [0, 0.1) is 15.8 Å². The molecule has 0 amide bonds. The second-order valence-corrected chi connectivity index (χ2v) is 3.64. The van der Waals surface area contributed by atoms with Gasteiger partial charge < -0.3 is 0 Å². The van der Waals surface area contributed by atoms with Crippen molar-refractivity contribution in [3.05, 3.63) is 5.82 Å². The van der Waals surface area contributed by atoms with Crippen LogP contribution >= 0.6 is 22.6 Å². The molecule has 0 spiro atoms. The summed E-state index contributed by atoms with van der Waals surface area (Å²) < 4.78 is 2.76. The average molecular weight is 290 g/mol. The normalized spacial score (nSPS) is 9.85. The van der Waals surface area contributed by atoms with Crippen LogP contribution in [0.3, 0.4) is 0 Å². The summed E-state index contributed by atoms with van der Waals surface area (Å²) in [4.78, 5) is 1.52. The quantitative estimate of drug-likeness (QED) is 0.622. The number of tetrazole rings is 1. The number of nitrogens with zero attached hydrogens (tertiary/aromatic N) is 4. The zero-order chi connectivity index (χ0) is 9.68. The lowest BCUT2D eigenvalue weighted by molar-refractivity contribution is 0.580. The van der Waals surface area contributed by atoms with Gasteiger partial charge in [0, 0.05) is 29.0 Å². The van der Waals surface area contributed by atoms with Crippen LogP contribution in [0.1, 0.15) is 19.7 Å². The van der Waals surface area contributed by atoms with Gasteiger partial charge in [0.05, 0.1) is 0 Å². The molecule has 4 nitrogen and oxygen atoms in total. The third-order valence-electron chi connectivity index (χ3n) is 1.37. The van der Waals surface area contributed by atoms with Gasteiger partial charge in [-0.1, -0.05) is 19.8 Å². The van der Waals surface area contributed by atoms with Crippen molar-refractivity contribution in [3.63, 3.8) is 0 Å². The Balaban J connectivity index is 2.56. The van der Waals surface area contributed by atoms with E-state index in [0.717, 1.165) is 12.2 Å². The molecule has 0 bridgehead atoms. The zero-order valence-corrected chi connectivity index (χ0v) is 9.82. The second-order valence-electron chi connectivity index (χ2n) is 3.11. The maximum absolute atomic E-state index is 4.18. The Bertz CT molecular complexity index is 320. The van der Waals surface area contributed by atoms with Gasteiger partial charge in [-0.15, -0.1) is 10.2 Å². The molecule has 0 fully saturated rings. The number of hydrogen-bond acceptors (Lipinski definition) is 3. The monoisotopic (exact) mass is 290 g/mol. The summed E-state index contributed by atoms with van der Waals surface area (Å²) in [5, 5.41) is 12.0. The molecule has 0 N–H and O–H groups in total. The molecular formula is C8H11IN4. The van der Waals surface area contributed by atoms with Gasteiger partial charge in [0.15, 0.2) is 5.82 Å². The van der Waals surface area contributed by atoms with E-state index in [1.165, 1.54) is 4.80 Å². The second kappa shape index (κ2) is 5.17. The van der Waals surface area contributed by atoms with E-state index in [2.05, 4.69) is 39.1 Å². The minimum Gasteiger partial charge on any atom is -0.152 e. The smallest absolute Gasteiger partial charge is 0.152 e. The molecule has 0 saturated carbocycles. The predicted octanol–water partition coefficient (Wildman–Crippen LogP) is 1.27. The van der Waals surface area contributed by atoms with Crippen LogP contribution in [0.2, 0.25) is 0 Å². The van der Waals surface area contributed by atoms with Gasteiger partial charge >= 0.3 is 0 Å². The molecule has 0 atom stereocenters. The van der Waals surface area contributed by atoms with Crippen LogP contribution in [0.5, 0.6) is 0 Å². The van der Waals surface area contributed by atoms with Crippen LogP contribution in [0.15, 0.2) is 0 Å². The van der Waals surface area contributed by atoms with E-state index in [0.29, 0.717) is 12.5 Å². The van der Waals surface area contributed by atoms with Crippen molar-refractivity contribution in [2.24, 2.45) is 5.92 Å². The number of aromatic nitrogens is 4. The molecule has 0 radical (unpaired) electrons. The van der Waals surface area contributed by atoms with Crippen LogP contribution in [-0.2, 0) is 13.0 Å². The lowest BCUT2D eigenvalue weighted by Crippen LogP contribution is -2.01. The topological polar surface area (TPSA) is 43.6 Å². The Kier molecular flexibility index (Phi) is 4.15. The van der Waals surface area contributed by atoms with Gasteiger partial charge in [0.25, 0.3) is 0 Å². The summed E-state index contributed by atoms with van der Waals surface area (Å²) >= 11 is 1.99. The molecule has 1 aromatic heterocycles. The molecule has 0 unspecified atom stereocenters. The van der Waals surface area contributed by atoms with Gasteiger partial charge in [0.2, 0.25) is 0 Å². The number of rotatable bonds is 3. The van der Waals surface area contributed by atoms with E-state index < -0.39 is 0 Å². The predicted molar refractivity (Wildman–Crippen MR) is 58.2 cm³/mol. The summed E-state index contributed by atoms with van der Waals surface area (Å²) in [6.07, 6.45) is 0.873. The third kappa shape index (κ3) is 3.72. The van der Waals surface area contributed by atoms with Crippen LogP contribution in [0.25, 0.3) is 0 Å². The first-order chi connectivity index (χ1) is 6.22. The highest BCUT2D eigenvalue weighted by molar-refractivity contribution is 14.1. The van der Waals surface area contributed by atoms with Crippen molar-refractivity contribution in [3.8, 4) is 9.85 Å². The van der Waals surface area contributed by atoms with Crippen LogP contribution in [-0.4, -0.2) is 20.2 Å². The molecular weight excluding hydrogens is 279 g/mol. The molecule has 1 heterocycles. The van der Waals surface area contributed by atoms with Crippen molar-refractivity contribution in [2.75, 3.05) is 0 Å². The summed E-state index contributed by atoms with van der Waals surface area (Å²) in [5.74, 6) is 4.23. The van der Waals surface area contributed by atoms with Gasteiger partial charge in [-0.25, -0.2) is 0 Å². The standard InChI is InChI=1S/C8H11IN4/c1-7(2)6-8-10-12-13(11-8)5-3-4-9/h7H,5-6H2,1-2H3. The van der Waals surface area contributed by atoms with E-state index in [-0.39, 0.29) is 0 Å². The van der Waals surface area contributed by atoms with E-state index in [1.54, 1.807) is 0 Å². The maximum atomic E-state index is 4.18. The minimum atomic E-state index is 0.522. The fourth-order valence-corrected chi connectivity index (χ4v) is 1.06. The Morgan fingerprint density at radius 3 is 2.92 bits per heavy atom. The Morgan fingerprint density at radius 2 is 2.31 bits per heavy atom. The first-order valence-corrected chi connectivity index (χ1v) is 5.15. The van der Waals surface area contributed by atoms with Gasteiger partial charge in [0.1, 0.15) is 6.54 Å². The largest absolute Gasteiger partial charge is 0.175 e. The summed E-state index contributed by atoms with van der Waals surface area (Å²) in [6, 6.07) is 0. The molecule has 1 aromatic rings. The van der Waals surface area contributed by atoms with Gasteiger partial charge in [-0.3, -0.25) is 0 Å². The zero-order valence-electron chi connectivity index (χ0n) is 7.66. The lowest BCUT2D eigenvalue weighted by Gasteiger charge is -1.96. The summed E-state index contributed by atoms with van der Waals surface area (Å²) in [7, 11) is 0. The first kappa shape index (κ1) is 10.4. The van der Waals surface area contributed by atoms with Crippen molar-refractivity contribution < 1.29 is 0 Å². The average Bonchev–Trinajstić information content (AvgIpc) is 2.48. The fourth-order valence-electron chi connectivity index (χ4n) is 0.891. The molecule has 13 heavy (non-hydrogen) atoms. The molecule has 70 valence electrons. The van der Waals surface area contributed by atoms with Crippen molar-refractivity contribution in [1.82, 2.24) is 20.2 Å². The minimum absolute atomic E-state index is 0.522. The van der Waals surface area contributed by atoms with Crippen LogP contribution < -0.4 is 0 Å². The summed E-state index contributed by atoms with van der Waals surface area (Å²) in [5.41, 5.74) is 0. The van der Waals surface area contributed by atoms with Gasteiger partial charge in [-0.2, -0.15) is 4.80 Å². The van der Waals surface area contributed by atoms with E-state index in [9.17, 15) is 0 Å². The first-order valence-electron chi connectivity index (χ1n) is 4.07. The summed E-state index contributed by atoms with van der Waals surface area (Å²) in [6.45, 7) is 4.78. The molecule has 1 rings (SSSR count). The SMILES string of the molecule is CC(C)Cc1nnn(CC#CI)n1. The highest BCUT2D eigenvalue weighted by Gasteiger charge is 2.03. The molecule has 0 aliphatic carbocycles. The maximum Gasteiger partial charge on any atom is 0.175 e. The lowest BCUT2D eigenvalue weighted by atomic mass is 10.1. The molecule has 0 saturated heterocycles. The highest BCUT2D eigenvalue weighted by Crippen LogP contribution is 1.99. The van der Waals surface area contributed by atoms with Crippen LogP contribution in [0.4, 0.5) is 0 Å². The Hall–Kier alpha value is -0.640. The van der Waals surface area contributed by atoms with Crippen molar-refractivity contribution in [2.45, 2.75) is 26.8 Å². The molecule has 5 heteroatoms. The van der Waals surface area contributed by atoms with Crippen molar-refractivity contribution >= 4 is 22.6 Å². The van der Waals surface area contributed by atoms with Crippen molar-refractivity contribution in [1.29, 1.82) is 0 Å². The van der Waals surface area contributed by atoms with E-state index >= 15 is 0 Å².